The zero-order chi connectivity index (χ0) is 18.3. The lowest BCUT2D eigenvalue weighted by atomic mass is 9.60. The third kappa shape index (κ3) is 1.87. The van der Waals surface area contributed by atoms with Gasteiger partial charge in [-0.25, -0.2) is 0 Å². The van der Waals surface area contributed by atoms with Crippen molar-refractivity contribution in [3.8, 4) is 23.0 Å². The number of fused-ring (bicyclic) bond motifs is 8. The van der Waals surface area contributed by atoms with Gasteiger partial charge in [-0.15, -0.1) is 0 Å². The highest BCUT2D eigenvalue weighted by molar-refractivity contribution is 5.59. The van der Waals surface area contributed by atoms with Crippen molar-refractivity contribution in [3.63, 3.8) is 0 Å². The molecule has 2 aromatic carbocycles. The van der Waals surface area contributed by atoms with E-state index in [9.17, 15) is 5.11 Å². The quantitative estimate of drug-likeness (QED) is 0.772. The maximum absolute atomic E-state index is 11.3. The summed E-state index contributed by atoms with van der Waals surface area (Å²) in [6, 6.07) is 8.24. The fourth-order valence-electron chi connectivity index (χ4n) is 5.41. The molecule has 27 heavy (non-hydrogen) atoms. The van der Waals surface area contributed by atoms with Crippen LogP contribution in [0.5, 0.6) is 23.0 Å². The van der Waals surface area contributed by atoms with Crippen LogP contribution in [0.3, 0.4) is 0 Å². The smallest absolute Gasteiger partial charge is 0.231 e. The molecular weight excluding hydrogens is 346 g/mol. The second-order valence-electron chi connectivity index (χ2n) is 8.05. The van der Waals surface area contributed by atoms with Crippen LogP contribution in [-0.4, -0.2) is 36.7 Å². The summed E-state index contributed by atoms with van der Waals surface area (Å²) in [7, 11) is 2.10. The van der Waals surface area contributed by atoms with Gasteiger partial charge in [-0.1, -0.05) is 13.0 Å². The first-order chi connectivity index (χ1) is 13.1. The van der Waals surface area contributed by atoms with Crippen LogP contribution in [-0.2, 0) is 18.4 Å². The van der Waals surface area contributed by atoms with Crippen LogP contribution in [0.2, 0.25) is 0 Å². The van der Waals surface area contributed by atoms with E-state index in [4.69, 9.17) is 18.9 Å². The van der Waals surface area contributed by atoms with Crippen LogP contribution >= 0.6 is 0 Å². The standard InChI is InChI=1S/C21H21NO5/c1-21-14-3-4-15-19(27-10-24-15)13(14)8-22(2)20(21)12-7-17-16(25-9-26-17)5-11(12)6-18(21)23/h3-5,7,18,20,23H,6,8-10H2,1-2H3/t18-,20-,21+/m0/s1. The number of likely N-dealkylation sites (N-methyl/N-ethyl adjacent to an activating group) is 1. The fraction of sp³-hybridized carbons (Fsp3) is 0.429. The summed E-state index contributed by atoms with van der Waals surface area (Å²) >= 11 is 0. The van der Waals surface area contributed by atoms with Gasteiger partial charge in [-0.3, -0.25) is 4.90 Å². The maximum Gasteiger partial charge on any atom is 0.231 e. The van der Waals surface area contributed by atoms with Crippen molar-refractivity contribution < 1.29 is 24.1 Å². The summed E-state index contributed by atoms with van der Waals surface area (Å²) in [5, 5.41) is 11.3. The number of nitrogens with zero attached hydrogens (tertiary/aromatic N) is 1. The van der Waals surface area contributed by atoms with E-state index in [0.29, 0.717) is 6.42 Å². The Balaban J connectivity index is 1.58. The number of aliphatic hydroxyl groups is 1. The van der Waals surface area contributed by atoms with E-state index in [0.717, 1.165) is 46.2 Å². The van der Waals surface area contributed by atoms with Gasteiger partial charge in [0, 0.05) is 23.6 Å². The predicted octanol–water partition coefficient (Wildman–Crippen LogP) is 2.51. The highest BCUT2D eigenvalue weighted by atomic mass is 16.7. The Labute approximate surface area is 157 Å². The SMILES string of the molecule is CN1Cc2c(ccc3c2OCO3)[C@@]2(C)[C@@H]1c1cc3c(cc1C[C@@H]2O)OCO3. The molecule has 0 saturated heterocycles. The monoisotopic (exact) mass is 367 g/mol. The molecule has 0 saturated carbocycles. The molecule has 0 amide bonds. The minimum Gasteiger partial charge on any atom is -0.454 e. The van der Waals surface area contributed by atoms with Crippen LogP contribution in [0.15, 0.2) is 24.3 Å². The van der Waals surface area contributed by atoms with Crippen molar-refractivity contribution in [1.82, 2.24) is 4.90 Å². The Morgan fingerprint density at radius 1 is 1.04 bits per heavy atom. The topological polar surface area (TPSA) is 60.4 Å². The van der Waals surface area contributed by atoms with Gasteiger partial charge in [0.05, 0.1) is 6.10 Å². The molecule has 2 aromatic rings. The van der Waals surface area contributed by atoms with E-state index in [-0.39, 0.29) is 19.6 Å². The summed E-state index contributed by atoms with van der Waals surface area (Å²) in [6.07, 6.45) is 0.0676. The lowest BCUT2D eigenvalue weighted by Gasteiger charge is -2.53. The lowest BCUT2D eigenvalue weighted by Crippen LogP contribution is -2.55. The largest absolute Gasteiger partial charge is 0.454 e. The summed E-state index contributed by atoms with van der Waals surface area (Å²) in [4.78, 5) is 2.30. The molecule has 6 rings (SSSR count). The molecule has 6 nitrogen and oxygen atoms in total. The number of rotatable bonds is 0. The first kappa shape index (κ1) is 15.6. The van der Waals surface area contributed by atoms with Crippen molar-refractivity contribution in [3.05, 3.63) is 46.5 Å². The van der Waals surface area contributed by atoms with Crippen molar-refractivity contribution >= 4 is 0 Å². The van der Waals surface area contributed by atoms with Gasteiger partial charge in [-0.2, -0.15) is 0 Å². The van der Waals surface area contributed by atoms with E-state index >= 15 is 0 Å². The Bertz CT molecular complexity index is 974. The van der Waals surface area contributed by atoms with Gasteiger partial charge in [0.1, 0.15) is 0 Å². The number of hydrogen-bond acceptors (Lipinski definition) is 6. The Kier molecular flexibility index (Phi) is 2.94. The second kappa shape index (κ2) is 5.09. The Morgan fingerprint density at radius 2 is 1.78 bits per heavy atom. The highest BCUT2D eigenvalue weighted by Gasteiger charge is 2.53. The van der Waals surface area contributed by atoms with Crippen LogP contribution in [0.25, 0.3) is 0 Å². The van der Waals surface area contributed by atoms with Crippen LogP contribution in [0.4, 0.5) is 0 Å². The zero-order valence-corrected chi connectivity index (χ0v) is 15.3. The number of hydrogen-bond donors (Lipinski definition) is 1. The molecule has 0 bridgehead atoms. The third-order valence-corrected chi connectivity index (χ3v) is 6.67. The average Bonchev–Trinajstić information content (AvgIpc) is 3.29. The van der Waals surface area contributed by atoms with Crippen LogP contribution in [0, 0.1) is 0 Å². The third-order valence-electron chi connectivity index (χ3n) is 6.67. The van der Waals surface area contributed by atoms with Crippen molar-refractivity contribution in [2.24, 2.45) is 0 Å². The van der Waals surface area contributed by atoms with E-state index in [1.54, 1.807) is 0 Å². The number of benzene rings is 2. The van der Waals surface area contributed by atoms with Gasteiger partial charge in [0.2, 0.25) is 13.6 Å². The van der Waals surface area contributed by atoms with Crippen LogP contribution in [0.1, 0.15) is 35.2 Å². The molecular formula is C21H21NO5. The minimum atomic E-state index is -0.516. The molecule has 0 radical (unpaired) electrons. The second-order valence-corrected chi connectivity index (χ2v) is 8.05. The Morgan fingerprint density at radius 3 is 2.63 bits per heavy atom. The molecule has 1 N–H and O–H groups in total. The molecule has 0 unspecified atom stereocenters. The Hall–Kier alpha value is -2.44. The average molecular weight is 367 g/mol. The summed E-state index contributed by atoms with van der Waals surface area (Å²) in [6.45, 7) is 3.41. The zero-order valence-electron chi connectivity index (χ0n) is 15.3. The van der Waals surface area contributed by atoms with Crippen molar-refractivity contribution in [2.45, 2.75) is 37.5 Å². The highest BCUT2D eigenvalue weighted by Crippen LogP contribution is 2.57. The van der Waals surface area contributed by atoms with Gasteiger partial charge in [0.25, 0.3) is 0 Å². The minimum absolute atomic E-state index is 0.0404. The van der Waals surface area contributed by atoms with Crippen LogP contribution < -0.4 is 18.9 Å². The molecule has 3 aliphatic heterocycles. The van der Waals surface area contributed by atoms with Gasteiger partial charge >= 0.3 is 0 Å². The summed E-state index contributed by atoms with van der Waals surface area (Å²) < 4.78 is 22.5. The molecule has 140 valence electrons. The molecule has 0 fully saturated rings. The van der Waals surface area contributed by atoms with E-state index in [1.807, 2.05) is 12.1 Å². The number of ether oxygens (including phenoxy) is 4. The first-order valence-corrected chi connectivity index (χ1v) is 9.30. The molecule has 1 aliphatic carbocycles. The van der Waals surface area contributed by atoms with Gasteiger partial charge in [-0.05, 0) is 48.4 Å². The van der Waals surface area contributed by atoms with Crippen molar-refractivity contribution in [1.29, 1.82) is 0 Å². The van der Waals surface area contributed by atoms with Gasteiger partial charge < -0.3 is 24.1 Å². The molecule has 3 atom stereocenters. The summed E-state index contributed by atoms with van der Waals surface area (Å²) in [5.41, 5.74) is 4.15. The normalized spacial score (nSPS) is 29.9. The van der Waals surface area contributed by atoms with E-state index in [1.165, 1.54) is 5.56 Å². The molecule has 0 spiro atoms. The molecule has 6 heteroatoms. The molecule has 3 heterocycles. The molecule has 4 aliphatic rings. The first-order valence-electron chi connectivity index (χ1n) is 9.30. The van der Waals surface area contributed by atoms with E-state index < -0.39 is 11.5 Å². The molecule has 0 aromatic heterocycles. The predicted molar refractivity (Wildman–Crippen MR) is 96.4 cm³/mol. The number of aliphatic hydroxyl groups excluding tert-OH is 1. The lowest BCUT2D eigenvalue weighted by molar-refractivity contribution is -0.000315. The summed E-state index contributed by atoms with van der Waals surface area (Å²) in [5.74, 6) is 3.17. The van der Waals surface area contributed by atoms with Crippen molar-refractivity contribution in [2.75, 3.05) is 20.6 Å². The fourth-order valence-corrected chi connectivity index (χ4v) is 5.41. The van der Waals surface area contributed by atoms with E-state index in [2.05, 4.69) is 31.0 Å². The van der Waals surface area contributed by atoms with Gasteiger partial charge in [0.15, 0.2) is 23.0 Å². The maximum atomic E-state index is 11.3.